The van der Waals surface area contributed by atoms with Gasteiger partial charge in [-0.1, -0.05) is 12.8 Å². The number of rotatable bonds is 2. The highest BCUT2D eigenvalue weighted by atomic mass is 16.5. The summed E-state index contributed by atoms with van der Waals surface area (Å²) < 4.78 is 5.33. The molecule has 82 valence electrons. The summed E-state index contributed by atoms with van der Waals surface area (Å²) in [5.74, 6) is 1.25. The first-order valence-electron chi connectivity index (χ1n) is 5.57. The molecule has 2 N–H and O–H groups in total. The van der Waals surface area contributed by atoms with E-state index in [2.05, 4.69) is 4.98 Å². The summed E-state index contributed by atoms with van der Waals surface area (Å²) >= 11 is 0. The molecule has 1 aromatic heterocycles. The molecule has 3 nitrogen and oxygen atoms in total. The minimum atomic E-state index is 0.238. The summed E-state index contributed by atoms with van der Waals surface area (Å²) in [5, 5.41) is 0. The maximum atomic E-state index is 6.14. The molecule has 2 rings (SSSR count). The SMILES string of the molecule is COc1cccnc1C1CCCCC1N. The lowest BCUT2D eigenvalue weighted by molar-refractivity contribution is 0.353. The number of aromatic nitrogens is 1. The van der Waals surface area contributed by atoms with E-state index in [0.29, 0.717) is 5.92 Å². The van der Waals surface area contributed by atoms with Gasteiger partial charge in [0.25, 0.3) is 0 Å². The highest BCUT2D eigenvalue weighted by Crippen LogP contribution is 2.35. The molecule has 2 atom stereocenters. The van der Waals surface area contributed by atoms with E-state index in [1.165, 1.54) is 12.8 Å². The van der Waals surface area contributed by atoms with Gasteiger partial charge in [0, 0.05) is 18.2 Å². The Labute approximate surface area is 90.7 Å². The second-order valence-electron chi connectivity index (χ2n) is 4.15. The molecule has 0 spiro atoms. The third-order valence-corrected chi connectivity index (χ3v) is 3.19. The smallest absolute Gasteiger partial charge is 0.140 e. The lowest BCUT2D eigenvalue weighted by Crippen LogP contribution is -2.32. The van der Waals surface area contributed by atoms with Crippen LogP contribution in [0.3, 0.4) is 0 Å². The number of pyridine rings is 1. The van der Waals surface area contributed by atoms with Crippen LogP contribution < -0.4 is 10.5 Å². The summed E-state index contributed by atoms with van der Waals surface area (Å²) in [5.41, 5.74) is 7.17. The molecule has 0 radical (unpaired) electrons. The number of methoxy groups -OCH3 is 1. The highest BCUT2D eigenvalue weighted by Gasteiger charge is 2.26. The summed E-state index contributed by atoms with van der Waals surface area (Å²) in [6.07, 6.45) is 6.54. The third-order valence-electron chi connectivity index (χ3n) is 3.19. The Morgan fingerprint density at radius 1 is 1.40 bits per heavy atom. The van der Waals surface area contributed by atoms with Gasteiger partial charge >= 0.3 is 0 Å². The summed E-state index contributed by atoms with van der Waals surface area (Å²) in [6, 6.07) is 4.10. The van der Waals surface area contributed by atoms with E-state index in [0.717, 1.165) is 24.3 Å². The quantitative estimate of drug-likeness (QED) is 0.806. The Kier molecular flexibility index (Phi) is 3.21. The molecule has 0 aliphatic heterocycles. The van der Waals surface area contributed by atoms with Crippen LogP contribution in [0.25, 0.3) is 0 Å². The predicted molar refractivity (Wildman–Crippen MR) is 60.0 cm³/mol. The van der Waals surface area contributed by atoms with Gasteiger partial charge in [0.15, 0.2) is 0 Å². The molecule has 15 heavy (non-hydrogen) atoms. The molecule has 1 heterocycles. The van der Waals surface area contributed by atoms with E-state index in [1.54, 1.807) is 7.11 Å². The van der Waals surface area contributed by atoms with E-state index in [-0.39, 0.29) is 6.04 Å². The van der Waals surface area contributed by atoms with Crippen molar-refractivity contribution in [3.63, 3.8) is 0 Å². The molecule has 1 aromatic rings. The van der Waals surface area contributed by atoms with Crippen molar-refractivity contribution in [3.8, 4) is 5.75 Å². The molecule has 1 aliphatic rings. The van der Waals surface area contributed by atoms with Crippen LogP contribution in [0.1, 0.15) is 37.3 Å². The Bertz CT molecular complexity index is 327. The minimum absolute atomic E-state index is 0.238. The minimum Gasteiger partial charge on any atom is -0.495 e. The van der Waals surface area contributed by atoms with Gasteiger partial charge in [0.1, 0.15) is 5.75 Å². The van der Waals surface area contributed by atoms with Crippen LogP contribution in [-0.4, -0.2) is 18.1 Å². The topological polar surface area (TPSA) is 48.1 Å². The zero-order valence-electron chi connectivity index (χ0n) is 9.15. The molecule has 0 bridgehead atoms. The van der Waals surface area contributed by atoms with Crippen LogP contribution in [0.5, 0.6) is 5.75 Å². The Balaban J connectivity index is 2.26. The van der Waals surface area contributed by atoms with Crippen molar-refractivity contribution in [3.05, 3.63) is 24.0 Å². The average molecular weight is 206 g/mol. The Hall–Kier alpha value is -1.09. The molecule has 1 aliphatic carbocycles. The number of nitrogens with two attached hydrogens (primary N) is 1. The van der Waals surface area contributed by atoms with Gasteiger partial charge in [-0.2, -0.15) is 0 Å². The van der Waals surface area contributed by atoms with Crippen molar-refractivity contribution in [2.75, 3.05) is 7.11 Å². The van der Waals surface area contributed by atoms with E-state index in [1.807, 2.05) is 18.3 Å². The summed E-state index contributed by atoms with van der Waals surface area (Å²) in [7, 11) is 1.69. The average Bonchev–Trinajstić information content (AvgIpc) is 2.30. The fourth-order valence-corrected chi connectivity index (χ4v) is 2.35. The van der Waals surface area contributed by atoms with Crippen molar-refractivity contribution in [1.82, 2.24) is 4.98 Å². The van der Waals surface area contributed by atoms with Crippen molar-refractivity contribution in [2.24, 2.45) is 5.73 Å². The molecule has 0 aromatic carbocycles. The van der Waals surface area contributed by atoms with Crippen LogP contribution in [0, 0.1) is 0 Å². The van der Waals surface area contributed by atoms with Gasteiger partial charge < -0.3 is 10.5 Å². The highest BCUT2D eigenvalue weighted by molar-refractivity contribution is 5.31. The van der Waals surface area contributed by atoms with Gasteiger partial charge in [-0.05, 0) is 25.0 Å². The summed E-state index contributed by atoms with van der Waals surface area (Å²) in [4.78, 5) is 4.42. The molecule has 3 heteroatoms. The molecular weight excluding hydrogens is 188 g/mol. The zero-order valence-corrected chi connectivity index (χ0v) is 9.15. The largest absolute Gasteiger partial charge is 0.495 e. The molecule has 1 saturated carbocycles. The maximum Gasteiger partial charge on any atom is 0.140 e. The first-order valence-corrected chi connectivity index (χ1v) is 5.57. The van der Waals surface area contributed by atoms with Gasteiger partial charge in [0.2, 0.25) is 0 Å². The van der Waals surface area contributed by atoms with Crippen molar-refractivity contribution in [1.29, 1.82) is 0 Å². The fourth-order valence-electron chi connectivity index (χ4n) is 2.35. The van der Waals surface area contributed by atoms with Gasteiger partial charge in [-0.3, -0.25) is 4.98 Å². The zero-order chi connectivity index (χ0) is 10.7. The predicted octanol–water partition coefficient (Wildman–Crippen LogP) is 2.08. The normalized spacial score (nSPS) is 26.3. The third kappa shape index (κ3) is 2.12. The van der Waals surface area contributed by atoms with Crippen molar-refractivity contribution < 1.29 is 4.74 Å². The summed E-state index contributed by atoms with van der Waals surface area (Å²) in [6.45, 7) is 0. The number of hydrogen-bond donors (Lipinski definition) is 1. The van der Waals surface area contributed by atoms with Gasteiger partial charge in [-0.15, -0.1) is 0 Å². The lowest BCUT2D eigenvalue weighted by Gasteiger charge is -2.28. The van der Waals surface area contributed by atoms with E-state index in [4.69, 9.17) is 10.5 Å². The van der Waals surface area contributed by atoms with E-state index in [9.17, 15) is 0 Å². The maximum absolute atomic E-state index is 6.14. The van der Waals surface area contributed by atoms with Crippen LogP contribution >= 0.6 is 0 Å². The van der Waals surface area contributed by atoms with Crippen LogP contribution in [0.15, 0.2) is 18.3 Å². The molecule has 0 saturated heterocycles. The second kappa shape index (κ2) is 4.62. The lowest BCUT2D eigenvalue weighted by atomic mass is 9.82. The fraction of sp³-hybridized carbons (Fsp3) is 0.583. The molecular formula is C12H18N2O. The molecule has 0 amide bonds. The first-order chi connectivity index (χ1) is 7.33. The number of hydrogen-bond acceptors (Lipinski definition) is 3. The second-order valence-corrected chi connectivity index (χ2v) is 4.15. The first kappa shape index (κ1) is 10.4. The standard InChI is InChI=1S/C12H18N2O/c1-15-11-7-4-8-14-12(11)9-5-2-3-6-10(9)13/h4,7-10H,2-3,5-6,13H2,1H3. The van der Waals surface area contributed by atoms with Crippen LogP contribution in [0.4, 0.5) is 0 Å². The van der Waals surface area contributed by atoms with Gasteiger partial charge in [0.05, 0.1) is 12.8 Å². The Morgan fingerprint density at radius 3 is 2.93 bits per heavy atom. The van der Waals surface area contributed by atoms with Crippen molar-refractivity contribution in [2.45, 2.75) is 37.6 Å². The molecule has 1 fully saturated rings. The monoisotopic (exact) mass is 206 g/mol. The van der Waals surface area contributed by atoms with Crippen LogP contribution in [0.2, 0.25) is 0 Å². The van der Waals surface area contributed by atoms with Gasteiger partial charge in [-0.25, -0.2) is 0 Å². The van der Waals surface area contributed by atoms with E-state index >= 15 is 0 Å². The molecule has 2 unspecified atom stereocenters. The number of ether oxygens (including phenoxy) is 1. The van der Waals surface area contributed by atoms with E-state index < -0.39 is 0 Å². The van der Waals surface area contributed by atoms with Crippen LogP contribution in [-0.2, 0) is 0 Å². The Morgan fingerprint density at radius 2 is 2.20 bits per heavy atom. The van der Waals surface area contributed by atoms with Crippen molar-refractivity contribution >= 4 is 0 Å². The number of nitrogens with zero attached hydrogens (tertiary/aromatic N) is 1.